The highest BCUT2D eigenvalue weighted by atomic mass is 35.6. The highest BCUT2D eigenvalue weighted by molar-refractivity contribution is 7.07. The third-order valence-electron chi connectivity index (χ3n) is 2.23. The highest BCUT2D eigenvalue weighted by Gasteiger charge is 2.22. The molecule has 0 bridgehead atoms. The molecular formula is C10H10ClSi. The molecule has 0 aliphatic heterocycles. The minimum absolute atomic E-state index is 0.507. The van der Waals surface area contributed by atoms with Crippen molar-refractivity contribution < 1.29 is 0 Å². The summed E-state index contributed by atoms with van der Waals surface area (Å²) in [5.41, 5.74) is 3.25. The van der Waals surface area contributed by atoms with E-state index in [1.165, 1.54) is 11.1 Å². The van der Waals surface area contributed by atoms with E-state index in [-0.39, 0.29) is 0 Å². The zero-order valence-corrected chi connectivity index (χ0v) is 8.68. The van der Waals surface area contributed by atoms with E-state index in [0.717, 1.165) is 0 Å². The van der Waals surface area contributed by atoms with E-state index < -0.39 is 8.11 Å². The maximum Gasteiger partial charge on any atom is 0.173 e. The molecule has 0 spiro atoms. The third-order valence-corrected chi connectivity index (χ3v) is 4.29. The molecule has 0 heterocycles. The van der Waals surface area contributed by atoms with Gasteiger partial charge in [-0.1, -0.05) is 43.0 Å². The fraction of sp³-hybridized carbons (Fsp3) is 0.200. The van der Waals surface area contributed by atoms with Crippen LogP contribution in [0.1, 0.15) is 16.7 Å². The lowest BCUT2D eigenvalue weighted by atomic mass is 10.1. The van der Waals surface area contributed by atoms with Crippen molar-refractivity contribution in [1.29, 1.82) is 0 Å². The van der Waals surface area contributed by atoms with Crippen molar-refractivity contribution >= 4 is 25.3 Å². The van der Waals surface area contributed by atoms with Crippen LogP contribution in [0.3, 0.4) is 0 Å². The van der Waals surface area contributed by atoms with E-state index in [4.69, 9.17) is 11.1 Å². The molecule has 0 amide bonds. The van der Waals surface area contributed by atoms with Gasteiger partial charge in [0.1, 0.15) is 0 Å². The molecule has 0 nitrogen and oxygen atoms in total. The topological polar surface area (TPSA) is 0 Å². The summed E-state index contributed by atoms with van der Waals surface area (Å²) >= 11 is 6.16. The van der Waals surface area contributed by atoms with Gasteiger partial charge < -0.3 is 0 Å². The van der Waals surface area contributed by atoms with Gasteiger partial charge in [0, 0.05) is 5.54 Å². The number of allylic oxidation sites excluding steroid dienone is 1. The van der Waals surface area contributed by atoms with Crippen LogP contribution in [-0.4, -0.2) is 8.11 Å². The number of hydrogen-bond donors (Lipinski definition) is 0. The van der Waals surface area contributed by atoms with Gasteiger partial charge in [-0.15, -0.1) is 0 Å². The maximum atomic E-state index is 6.16. The molecule has 0 N–H and O–H groups in total. The molecule has 1 radical (unpaired) electrons. The minimum atomic E-state index is -0.739. The molecule has 0 fully saturated rings. The van der Waals surface area contributed by atoms with Crippen LogP contribution in [0.4, 0.5) is 0 Å². The van der Waals surface area contributed by atoms with E-state index in [0.29, 0.717) is 5.54 Å². The van der Waals surface area contributed by atoms with E-state index in [2.05, 4.69) is 43.0 Å². The second-order valence-corrected chi connectivity index (χ2v) is 6.64. The van der Waals surface area contributed by atoms with Gasteiger partial charge in [-0.25, -0.2) is 0 Å². The van der Waals surface area contributed by atoms with Crippen molar-refractivity contribution in [2.24, 2.45) is 0 Å². The van der Waals surface area contributed by atoms with Crippen LogP contribution < -0.4 is 0 Å². The lowest BCUT2D eigenvalue weighted by Gasteiger charge is -2.10. The Morgan fingerprint density at radius 3 is 2.83 bits per heavy atom. The highest BCUT2D eigenvalue weighted by Crippen LogP contribution is 2.32. The minimum Gasteiger partial charge on any atom is -0.168 e. The fourth-order valence-corrected chi connectivity index (χ4v) is 3.22. The summed E-state index contributed by atoms with van der Waals surface area (Å²) in [5.74, 6) is 0. The molecule has 2 heteroatoms. The van der Waals surface area contributed by atoms with Crippen molar-refractivity contribution in [3.63, 3.8) is 0 Å². The molecule has 0 saturated heterocycles. The van der Waals surface area contributed by atoms with Crippen LogP contribution in [0.25, 0.3) is 6.08 Å². The molecule has 2 rings (SSSR count). The second kappa shape index (κ2) is 3.07. The van der Waals surface area contributed by atoms with Crippen LogP contribution in [-0.2, 0) is 0 Å². The van der Waals surface area contributed by atoms with Gasteiger partial charge in [-0.05, 0) is 11.1 Å². The van der Waals surface area contributed by atoms with Crippen molar-refractivity contribution in [2.45, 2.75) is 12.1 Å². The summed E-state index contributed by atoms with van der Waals surface area (Å²) < 4.78 is 0. The first kappa shape index (κ1) is 8.08. The van der Waals surface area contributed by atoms with Gasteiger partial charge in [0.05, 0.1) is 0 Å². The molecule has 0 aromatic heterocycles. The SMILES string of the molecule is C[Si](Cl)C1C=Cc2ccccc21. The Balaban J connectivity index is 2.42. The van der Waals surface area contributed by atoms with Crippen molar-refractivity contribution in [3.8, 4) is 0 Å². The first-order valence-corrected chi connectivity index (χ1v) is 7.14. The summed E-state index contributed by atoms with van der Waals surface area (Å²) in [4.78, 5) is 0. The van der Waals surface area contributed by atoms with Gasteiger partial charge in [-0.3, -0.25) is 0 Å². The smallest absolute Gasteiger partial charge is 0.168 e. The summed E-state index contributed by atoms with van der Waals surface area (Å²) in [7, 11) is -0.739. The third kappa shape index (κ3) is 1.23. The maximum absolute atomic E-state index is 6.16. The predicted octanol–water partition coefficient (Wildman–Crippen LogP) is 3.20. The standard InChI is InChI=1S/C10H10ClSi/c1-12(11)10-7-6-8-4-2-3-5-9(8)10/h2-7,10H,1H3. The van der Waals surface area contributed by atoms with Gasteiger partial charge in [0.25, 0.3) is 0 Å². The van der Waals surface area contributed by atoms with Crippen molar-refractivity contribution in [2.75, 3.05) is 0 Å². The van der Waals surface area contributed by atoms with Crippen molar-refractivity contribution in [1.82, 2.24) is 0 Å². The Labute approximate surface area is 79.2 Å². The molecule has 1 aromatic carbocycles. The Morgan fingerprint density at radius 2 is 2.08 bits per heavy atom. The molecular weight excluding hydrogens is 184 g/mol. The predicted molar refractivity (Wildman–Crippen MR) is 55.7 cm³/mol. The molecule has 1 aromatic rings. The largest absolute Gasteiger partial charge is 0.173 e. The first-order valence-electron chi connectivity index (χ1n) is 4.05. The van der Waals surface area contributed by atoms with E-state index >= 15 is 0 Å². The Morgan fingerprint density at radius 1 is 1.33 bits per heavy atom. The quantitative estimate of drug-likeness (QED) is 0.475. The van der Waals surface area contributed by atoms with Gasteiger partial charge in [-0.2, -0.15) is 11.1 Å². The van der Waals surface area contributed by atoms with E-state index in [1.807, 2.05) is 0 Å². The lowest BCUT2D eigenvalue weighted by molar-refractivity contribution is 1.22. The Kier molecular flexibility index (Phi) is 2.07. The molecule has 1 unspecified atom stereocenters. The summed E-state index contributed by atoms with van der Waals surface area (Å²) in [6, 6.07) is 8.48. The van der Waals surface area contributed by atoms with E-state index in [9.17, 15) is 0 Å². The molecule has 1 aliphatic rings. The lowest BCUT2D eigenvalue weighted by Crippen LogP contribution is -2.09. The van der Waals surface area contributed by atoms with E-state index in [1.54, 1.807) is 0 Å². The van der Waals surface area contributed by atoms with Crippen molar-refractivity contribution in [3.05, 3.63) is 41.5 Å². The summed E-state index contributed by atoms with van der Waals surface area (Å²) in [6.45, 7) is 2.14. The number of rotatable bonds is 1. The average molecular weight is 194 g/mol. The Bertz CT molecular complexity index is 317. The molecule has 1 atom stereocenters. The summed E-state index contributed by atoms with van der Waals surface area (Å²) in [6.07, 6.45) is 4.41. The second-order valence-electron chi connectivity index (χ2n) is 3.05. The van der Waals surface area contributed by atoms with Crippen LogP contribution in [0.15, 0.2) is 30.3 Å². The van der Waals surface area contributed by atoms with Crippen LogP contribution in [0.2, 0.25) is 6.55 Å². The van der Waals surface area contributed by atoms with Crippen LogP contribution >= 0.6 is 11.1 Å². The van der Waals surface area contributed by atoms with Crippen LogP contribution in [0, 0.1) is 0 Å². The van der Waals surface area contributed by atoms with Crippen LogP contribution in [0.5, 0.6) is 0 Å². The van der Waals surface area contributed by atoms with Gasteiger partial charge in [0.15, 0.2) is 8.11 Å². The molecule has 0 saturated carbocycles. The summed E-state index contributed by atoms with van der Waals surface area (Å²) in [5, 5.41) is 0. The zero-order chi connectivity index (χ0) is 8.55. The molecule has 1 aliphatic carbocycles. The fourth-order valence-electron chi connectivity index (χ4n) is 1.60. The number of benzene rings is 1. The number of halogens is 1. The zero-order valence-electron chi connectivity index (χ0n) is 6.92. The van der Waals surface area contributed by atoms with Gasteiger partial charge >= 0.3 is 0 Å². The monoisotopic (exact) mass is 193 g/mol. The number of fused-ring (bicyclic) bond motifs is 1. The average Bonchev–Trinajstić information content (AvgIpc) is 2.47. The molecule has 61 valence electrons. The normalized spacial score (nSPS) is 20.1. The number of hydrogen-bond acceptors (Lipinski definition) is 0. The molecule has 12 heavy (non-hydrogen) atoms. The Hall–Kier alpha value is -0.533. The van der Waals surface area contributed by atoms with Gasteiger partial charge in [0.2, 0.25) is 0 Å². The first-order chi connectivity index (χ1) is 5.79.